The molecule has 0 radical (unpaired) electrons. The maximum absolute atomic E-state index is 13.7. The Morgan fingerprint density at radius 1 is 0.938 bits per heavy atom. The van der Waals surface area contributed by atoms with Crippen molar-refractivity contribution in [2.75, 3.05) is 19.7 Å². The lowest BCUT2D eigenvalue weighted by Crippen LogP contribution is -2.57. The predicted molar refractivity (Wildman–Crippen MR) is 193 cm³/mol. The third-order valence-corrected chi connectivity index (χ3v) is 8.70. The van der Waals surface area contributed by atoms with E-state index >= 15 is 0 Å². The summed E-state index contributed by atoms with van der Waals surface area (Å²) in [5.74, 6) is 0.146. The van der Waals surface area contributed by atoms with Crippen LogP contribution in [0.4, 0.5) is 4.79 Å². The zero-order chi connectivity index (χ0) is 37.6. The van der Waals surface area contributed by atoms with Crippen molar-refractivity contribution < 1.29 is 28.7 Å². The average Bonchev–Trinajstić information content (AvgIpc) is 3.71. The summed E-state index contributed by atoms with van der Waals surface area (Å²) in [7, 11) is 0. The highest BCUT2D eigenvalue weighted by Gasteiger charge is 2.44. The van der Waals surface area contributed by atoms with Gasteiger partial charge in [0.15, 0.2) is 5.78 Å². The van der Waals surface area contributed by atoms with Crippen LogP contribution in [0.1, 0.15) is 122 Å². The Morgan fingerprint density at radius 2 is 1.50 bits per heavy atom. The average molecular weight is 680 g/mol. The largest absolute Gasteiger partial charge is 0.447 e. The number of primary amides is 1. The molecule has 1 aliphatic heterocycles. The Hall–Kier alpha value is -3.11. The van der Waals surface area contributed by atoms with E-state index in [4.69, 9.17) is 10.5 Å². The topological polar surface area (TPSA) is 160 Å². The van der Waals surface area contributed by atoms with E-state index in [1.807, 2.05) is 48.5 Å². The first-order valence-corrected chi connectivity index (χ1v) is 17.9. The number of carbonyl (C=O) groups excluding carboxylic acids is 5. The van der Waals surface area contributed by atoms with Crippen molar-refractivity contribution in [3.8, 4) is 0 Å². The maximum atomic E-state index is 13.7. The molecule has 48 heavy (non-hydrogen) atoms. The highest BCUT2D eigenvalue weighted by molar-refractivity contribution is 6.36. The monoisotopic (exact) mass is 680 g/mol. The van der Waals surface area contributed by atoms with Gasteiger partial charge in [-0.1, -0.05) is 96.1 Å². The summed E-state index contributed by atoms with van der Waals surface area (Å²) in [5.41, 5.74) is 4.18. The number of nitrogens with one attached hydrogen (secondary N) is 3. The molecule has 5 atom stereocenters. The summed E-state index contributed by atoms with van der Waals surface area (Å²) in [6, 6.07) is -1.15. The highest BCUT2D eigenvalue weighted by Crippen LogP contribution is 2.31. The molecule has 11 heteroatoms. The third-order valence-electron chi connectivity index (χ3n) is 8.70. The molecule has 278 valence electrons. The lowest BCUT2D eigenvalue weighted by Gasteiger charge is -2.38. The van der Waals surface area contributed by atoms with Gasteiger partial charge in [0.25, 0.3) is 5.91 Å². The number of ketones is 2. The Morgan fingerprint density at radius 3 is 1.92 bits per heavy atom. The second kappa shape index (κ2) is 20.4. The molecule has 2 aliphatic rings. The van der Waals surface area contributed by atoms with Gasteiger partial charge < -0.3 is 31.3 Å². The summed E-state index contributed by atoms with van der Waals surface area (Å²) in [5, 5.41) is 9.46. The number of nitrogens with zero attached hydrogens (tertiary/aromatic N) is 1. The van der Waals surface area contributed by atoms with Gasteiger partial charge in [0.1, 0.15) is 12.6 Å². The molecule has 3 amide bonds. The lowest BCUT2D eigenvalue weighted by atomic mass is 9.85. The molecule has 2 rings (SSSR count). The first kappa shape index (κ1) is 44.9. The third kappa shape index (κ3) is 15.9. The SMILES string of the molecule is C=C(NC(COC(=O)NCC1CC1)C(C)(C)C)NC(C(=O)N1CC[C@H](CC)C1C(C)=O)C(C)(C)C.CC.CC(C)CC(C)C(=O)C(N)=O. The van der Waals surface area contributed by atoms with Gasteiger partial charge in [0, 0.05) is 19.0 Å². The normalized spacial score (nSPS) is 19.3. The molecule has 0 spiro atoms. The molecule has 1 saturated carbocycles. The minimum Gasteiger partial charge on any atom is -0.447 e. The maximum Gasteiger partial charge on any atom is 0.407 e. The smallest absolute Gasteiger partial charge is 0.407 e. The van der Waals surface area contributed by atoms with Gasteiger partial charge in [-0.3, -0.25) is 19.2 Å². The highest BCUT2D eigenvalue weighted by atomic mass is 16.5. The molecule has 1 aliphatic carbocycles. The van der Waals surface area contributed by atoms with Crippen LogP contribution in [0.25, 0.3) is 0 Å². The van der Waals surface area contributed by atoms with Crippen LogP contribution < -0.4 is 21.7 Å². The van der Waals surface area contributed by atoms with Crippen molar-refractivity contribution in [1.82, 2.24) is 20.9 Å². The lowest BCUT2D eigenvalue weighted by molar-refractivity contribution is -0.141. The van der Waals surface area contributed by atoms with Gasteiger partial charge in [-0.05, 0) is 61.2 Å². The molecule has 5 N–H and O–H groups in total. The number of nitrogens with two attached hydrogens (primary N) is 1. The van der Waals surface area contributed by atoms with E-state index in [9.17, 15) is 24.0 Å². The van der Waals surface area contributed by atoms with Crippen LogP contribution in [0.2, 0.25) is 0 Å². The Bertz CT molecular complexity index is 1070. The van der Waals surface area contributed by atoms with Gasteiger partial charge in [-0.15, -0.1) is 0 Å². The van der Waals surface area contributed by atoms with E-state index in [2.05, 4.69) is 50.2 Å². The van der Waals surface area contributed by atoms with Gasteiger partial charge in [0.05, 0.1) is 17.9 Å². The van der Waals surface area contributed by atoms with E-state index in [-0.39, 0.29) is 47.6 Å². The summed E-state index contributed by atoms with van der Waals surface area (Å²) in [6.45, 7) is 31.1. The minimum atomic E-state index is -0.821. The fraction of sp³-hybridized carbons (Fsp3) is 0.811. The van der Waals surface area contributed by atoms with Crippen LogP contribution in [-0.2, 0) is 23.9 Å². The molecule has 2 fully saturated rings. The summed E-state index contributed by atoms with van der Waals surface area (Å²) in [4.78, 5) is 61.3. The first-order valence-electron chi connectivity index (χ1n) is 17.9. The molecule has 0 aromatic carbocycles. The second-order valence-corrected chi connectivity index (χ2v) is 15.7. The van der Waals surface area contributed by atoms with Crippen LogP contribution >= 0.6 is 0 Å². The molecular weight excluding hydrogens is 610 g/mol. The van der Waals surface area contributed by atoms with Gasteiger partial charge in [-0.25, -0.2) is 4.79 Å². The van der Waals surface area contributed by atoms with Crippen LogP contribution in [-0.4, -0.2) is 72.2 Å². The van der Waals surface area contributed by atoms with Crippen LogP contribution in [0.15, 0.2) is 12.4 Å². The summed E-state index contributed by atoms with van der Waals surface area (Å²) < 4.78 is 5.48. The standard InChI is InChI=1S/C27H48N4O4.C8H15NO2.C2H6/c1-10-20-13-14-31(22(20)17(2)32)24(33)23(27(7,8)9)30-18(3)29-21(26(4,5)6)16-35-25(34)28-15-19-11-12-19;1-5(2)4-6(3)7(10)8(9)11;1-2/h19-23,29-30H,3,10-16H2,1-2,4-9H3,(H,28,34);5-6H,4H2,1-3H3,(H2,9,11);1-2H3/t20-,21?,22?,23?;;/m0../s1. The van der Waals surface area contributed by atoms with Crippen molar-refractivity contribution in [2.45, 2.75) is 140 Å². The number of amides is 3. The molecule has 11 nitrogen and oxygen atoms in total. The number of rotatable bonds is 15. The van der Waals surface area contributed by atoms with Crippen molar-refractivity contribution >= 4 is 29.5 Å². The van der Waals surface area contributed by atoms with Crippen LogP contribution in [0.3, 0.4) is 0 Å². The zero-order valence-corrected chi connectivity index (χ0v) is 32.4. The predicted octanol–water partition coefficient (Wildman–Crippen LogP) is 5.57. The Kier molecular flexibility index (Phi) is 19.1. The van der Waals surface area contributed by atoms with E-state index in [1.165, 1.54) is 0 Å². The van der Waals surface area contributed by atoms with E-state index in [0.29, 0.717) is 30.7 Å². The van der Waals surface area contributed by atoms with E-state index in [0.717, 1.165) is 32.1 Å². The molecule has 0 bridgehead atoms. The number of Topliss-reactive ketones (excluding diaryl/α,β-unsaturated/α-hetero) is 2. The van der Waals surface area contributed by atoms with E-state index < -0.39 is 29.2 Å². The minimum absolute atomic E-state index is 0.0391. The second-order valence-electron chi connectivity index (χ2n) is 15.7. The molecule has 1 heterocycles. The van der Waals surface area contributed by atoms with Crippen molar-refractivity contribution in [3.05, 3.63) is 12.4 Å². The van der Waals surface area contributed by atoms with E-state index in [1.54, 1.807) is 18.7 Å². The molecule has 0 aromatic rings. The van der Waals surface area contributed by atoms with Gasteiger partial charge in [-0.2, -0.15) is 0 Å². The number of hydrogen-bond donors (Lipinski definition) is 4. The first-order chi connectivity index (χ1) is 22.1. The van der Waals surface area contributed by atoms with Crippen molar-refractivity contribution in [2.24, 2.45) is 40.2 Å². The number of ether oxygens (including phenoxy) is 1. The quantitative estimate of drug-likeness (QED) is 0.164. The van der Waals surface area contributed by atoms with Crippen LogP contribution in [0, 0.1) is 34.5 Å². The fourth-order valence-corrected chi connectivity index (χ4v) is 5.65. The number of likely N-dealkylation sites (tertiary alicyclic amines) is 1. The van der Waals surface area contributed by atoms with Crippen LogP contribution in [0.5, 0.6) is 0 Å². The van der Waals surface area contributed by atoms with Crippen molar-refractivity contribution in [3.63, 3.8) is 0 Å². The van der Waals surface area contributed by atoms with Gasteiger partial charge in [0.2, 0.25) is 11.7 Å². The van der Waals surface area contributed by atoms with Gasteiger partial charge >= 0.3 is 6.09 Å². The number of alkyl carbamates (subject to hydrolysis) is 1. The fourth-order valence-electron chi connectivity index (χ4n) is 5.65. The molecule has 1 saturated heterocycles. The molecule has 0 aromatic heterocycles. The number of carbonyl (C=O) groups is 5. The number of hydrogen-bond acceptors (Lipinski definition) is 8. The zero-order valence-electron chi connectivity index (χ0n) is 32.4. The van der Waals surface area contributed by atoms with Crippen molar-refractivity contribution in [1.29, 1.82) is 0 Å². The Labute approximate surface area is 291 Å². The molecular formula is C37H69N5O6. The summed E-state index contributed by atoms with van der Waals surface area (Å²) >= 11 is 0. The molecule has 4 unspecified atom stereocenters. The Balaban J connectivity index is 0.00000144. The summed E-state index contributed by atoms with van der Waals surface area (Å²) in [6.07, 6.45) is 4.35.